The summed E-state index contributed by atoms with van der Waals surface area (Å²) >= 11 is 15.4. The van der Waals surface area contributed by atoms with Crippen molar-refractivity contribution in [2.24, 2.45) is 0 Å². The first-order valence-corrected chi connectivity index (χ1v) is 7.97. The second kappa shape index (κ2) is 7.24. The quantitative estimate of drug-likeness (QED) is 0.812. The van der Waals surface area contributed by atoms with E-state index < -0.39 is 0 Å². The molecule has 21 heavy (non-hydrogen) atoms. The van der Waals surface area contributed by atoms with Crippen molar-refractivity contribution in [2.45, 2.75) is 13.8 Å². The number of benzene rings is 1. The molecule has 0 atom stereocenters. The van der Waals surface area contributed by atoms with Gasteiger partial charge in [-0.15, -0.1) is 0 Å². The summed E-state index contributed by atoms with van der Waals surface area (Å²) in [5, 5.41) is 3.85. The van der Waals surface area contributed by atoms with Crippen LogP contribution in [-0.2, 0) is 0 Å². The lowest BCUT2D eigenvalue weighted by atomic mass is 10.3. The number of anilines is 3. The molecule has 0 unspecified atom stereocenters. The molecular formula is C13H14BrCl2N5. The summed E-state index contributed by atoms with van der Waals surface area (Å²) in [4.78, 5) is 14.6. The second-order valence-electron chi connectivity index (χ2n) is 4.15. The number of aromatic nitrogens is 3. The van der Waals surface area contributed by atoms with Crippen LogP contribution in [0.3, 0.4) is 0 Å². The van der Waals surface area contributed by atoms with Crippen molar-refractivity contribution in [3.05, 3.63) is 33.0 Å². The minimum atomic E-state index is 0.146. The van der Waals surface area contributed by atoms with Gasteiger partial charge in [0.15, 0.2) is 0 Å². The highest BCUT2D eigenvalue weighted by Gasteiger charge is 2.11. The zero-order chi connectivity index (χ0) is 15.4. The SMILES string of the molecule is CCN(CC)c1nc(Cl)nc(Nc2cc(Cl)ccc2Br)n1. The van der Waals surface area contributed by atoms with Crippen molar-refractivity contribution < 1.29 is 0 Å². The Morgan fingerprint density at radius 1 is 1.14 bits per heavy atom. The molecular weight excluding hydrogens is 377 g/mol. The predicted octanol–water partition coefficient (Wildman–Crippen LogP) is 4.53. The van der Waals surface area contributed by atoms with Gasteiger partial charge in [0.2, 0.25) is 17.2 Å². The summed E-state index contributed by atoms with van der Waals surface area (Å²) in [6, 6.07) is 5.41. The van der Waals surface area contributed by atoms with Gasteiger partial charge in [0.05, 0.1) is 5.69 Å². The van der Waals surface area contributed by atoms with Crippen LogP contribution in [0.25, 0.3) is 0 Å². The minimum absolute atomic E-state index is 0.146. The molecule has 2 rings (SSSR count). The molecule has 8 heteroatoms. The fourth-order valence-electron chi connectivity index (χ4n) is 1.76. The third-order valence-electron chi connectivity index (χ3n) is 2.82. The van der Waals surface area contributed by atoms with E-state index in [1.54, 1.807) is 12.1 Å². The van der Waals surface area contributed by atoms with Crippen molar-refractivity contribution in [1.82, 2.24) is 15.0 Å². The van der Waals surface area contributed by atoms with Gasteiger partial charge in [-0.05, 0) is 59.6 Å². The van der Waals surface area contributed by atoms with Gasteiger partial charge in [0.25, 0.3) is 0 Å². The minimum Gasteiger partial charge on any atom is -0.341 e. The average Bonchev–Trinajstić information content (AvgIpc) is 2.44. The topological polar surface area (TPSA) is 53.9 Å². The fraction of sp³-hybridized carbons (Fsp3) is 0.308. The molecule has 0 saturated carbocycles. The Bertz CT molecular complexity index is 634. The molecule has 112 valence electrons. The first-order valence-electron chi connectivity index (χ1n) is 6.42. The van der Waals surface area contributed by atoms with Gasteiger partial charge in [-0.1, -0.05) is 11.6 Å². The molecule has 0 bridgehead atoms. The van der Waals surface area contributed by atoms with E-state index in [0.717, 1.165) is 23.2 Å². The van der Waals surface area contributed by atoms with Crippen LogP contribution in [0.2, 0.25) is 10.3 Å². The zero-order valence-electron chi connectivity index (χ0n) is 11.6. The first kappa shape index (κ1) is 16.3. The molecule has 5 nitrogen and oxygen atoms in total. The predicted molar refractivity (Wildman–Crippen MR) is 90.8 cm³/mol. The summed E-state index contributed by atoms with van der Waals surface area (Å²) < 4.78 is 0.854. The van der Waals surface area contributed by atoms with Crippen molar-refractivity contribution in [1.29, 1.82) is 0 Å². The van der Waals surface area contributed by atoms with Crippen molar-refractivity contribution in [2.75, 3.05) is 23.3 Å². The molecule has 0 fully saturated rings. The molecule has 1 aromatic carbocycles. The van der Waals surface area contributed by atoms with Crippen LogP contribution >= 0.6 is 39.1 Å². The van der Waals surface area contributed by atoms with Crippen molar-refractivity contribution in [3.8, 4) is 0 Å². The van der Waals surface area contributed by atoms with Gasteiger partial charge in [-0.25, -0.2) is 0 Å². The van der Waals surface area contributed by atoms with E-state index in [2.05, 4.69) is 36.2 Å². The third-order valence-corrected chi connectivity index (χ3v) is 3.91. The molecule has 0 saturated heterocycles. The van der Waals surface area contributed by atoms with Gasteiger partial charge < -0.3 is 10.2 Å². The van der Waals surface area contributed by atoms with Gasteiger partial charge >= 0.3 is 0 Å². The molecule has 1 aromatic heterocycles. The zero-order valence-corrected chi connectivity index (χ0v) is 14.7. The number of rotatable bonds is 5. The highest BCUT2D eigenvalue weighted by atomic mass is 79.9. The molecule has 0 aliphatic carbocycles. The second-order valence-corrected chi connectivity index (χ2v) is 5.78. The lowest BCUT2D eigenvalue weighted by molar-refractivity contribution is 0.814. The maximum Gasteiger partial charge on any atom is 0.233 e. The monoisotopic (exact) mass is 389 g/mol. The molecule has 1 heterocycles. The van der Waals surface area contributed by atoms with Crippen LogP contribution in [0.4, 0.5) is 17.6 Å². The van der Waals surface area contributed by atoms with E-state index in [4.69, 9.17) is 23.2 Å². The first-order chi connectivity index (χ1) is 10.0. The van der Waals surface area contributed by atoms with Gasteiger partial charge in [0.1, 0.15) is 0 Å². The number of halogens is 3. The Hall–Kier alpha value is -1.11. The molecule has 0 spiro atoms. The molecule has 1 N–H and O–H groups in total. The molecule has 0 aliphatic heterocycles. The van der Waals surface area contributed by atoms with E-state index in [1.807, 2.05) is 24.8 Å². The Labute approximate surface area is 141 Å². The van der Waals surface area contributed by atoms with Crippen LogP contribution < -0.4 is 10.2 Å². The molecule has 0 aliphatic rings. The molecule has 0 radical (unpaired) electrons. The van der Waals surface area contributed by atoms with E-state index in [1.165, 1.54) is 0 Å². The number of nitrogens with one attached hydrogen (secondary N) is 1. The van der Waals surface area contributed by atoms with Crippen molar-refractivity contribution in [3.63, 3.8) is 0 Å². The van der Waals surface area contributed by atoms with Gasteiger partial charge in [-0.2, -0.15) is 15.0 Å². The molecule has 0 amide bonds. The Morgan fingerprint density at radius 2 is 1.86 bits per heavy atom. The summed E-state index contributed by atoms with van der Waals surface area (Å²) in [7, 11) is 0. The van der Waals surface area contributed by atoms with E-state index >= 15 is 0 Å². The largest absolute Gasteiger partial charge is 0.341 e. The van der Waals surface area contributed by atoms with Gasteiger partial charge in [-0.3, -0.25) is 0 Å². The Balaban J connectivity index is 2.34. The highest BCUT2D eigenvalue weighted by molar-refractivity contribution is 9.10. The normalized spacial score (nSPS) is 10.5. The van der Waals surface area contributed by atoms with E-state index in [0.29, 0.717) is 16.9 Å². The van der Waals surface area contributed by atoms with E-state index in [-0.39, 0.29) is 5.28 Å². The fourth-order valence-corrected chi connectivity index (χ4v) is 2.43. The standard InChI is InChI=1S/C13H14BrCl2N5/c1-3-21(4-2)13-19-11(16)18-12(20-13)17-10-7-8(15)5-6-9(10)14/h5-7H,3-4H2,1-2H3,(H,17,18,19,20). The third kappa shape index (κ3) is 4.18. The smallest absolute Gasteiger partial charge is 0.233 e. The summed E-state index contributed by atoms with van der Waals surface area (Å²) in [6.07, 6.45) is 0. The number of hydrogen-bond donors (Lipinski definition) is 1. The van der Waals surface area contributed by atoms with Crippen LogP contribution in [-0.4, -0.2) is 28.0 Å². The lowest BCUT2D eigenvalue weighted by Gasteiger charge is -2.19. The van der Waals surface area contributed by atoms with Crippen LogP contribution in [0.5, 0.6) is 0 Å². The Morgan fingerprint density at radius 3 is 2.52 bits per heavy atom. The summed E-state index contributed by atoms with van der Waals surface area (Å²) in [5.41, 5.74) is 0.760. The van der Waals surface area contributed by atoms with Gasteiger partial charge in [0, 0.05) is 22.6 Å². The number of nitrogens with zero attached hydrogens (tertiary/aromatic N) is 4. The average molecular weight is 391 g/mol. The van der Waals surface area contributed by atoms with Crippen LogP contribution in [0.15, 0.2) is 22.7 Å². The van der Waals surface area contributed by atoms with Crippen LogP contribution in [0.1, 0.15) is 13.8 Å². The van der Waals surface area contributed by atoms with Crippen molar-refractivity contribution >= 4 is 56.7 Å². The van der Waals surface area contributed by atoms with E-state index in [9.17, 15) is 0 Å². The van der Waals surface area contributed by atoms with Crippen LogP contribution in [0, 0.1) is 0 Å². The molecule has 2 aromatic rings. The summed E-state index contributed by atoms with van der Waals surface area (Å²) in [5.74, 6) is 0.917. The maximum absolute atomic E-state index is 5.99. The maximum atomic E-state index is 5.99. The summed E-state index contributed by atoms with van der Waals surface area (Å²) in [6.45, 7) is 5.64. The lowest BCUT2D eigenvalue weighted by Crippen LogP contribution is -2.24. The highest BCUT2D eigenvalue weighted by Crippen LogP contribution is 2.28. The number of hydrogen-bond acceptors (Lipinski definition) is 5. The Kier molecular flexibility index (Phi) is 5.61.